The van der Waals surface area contributed by atoms with Gasteiger partial charge in [-0.3, -0.25) is 4.79 Å². The van der Waals surface area contributed by atoms with Crippen LogP contribution in [0.1, 0.15) is 48.3 Å². The third-order valence-corrected chi connectivity index (χ3v) is 5.65. The van der Waals surface area contributed by atoms with Gasteiger partial charge < -0.3 is 4.57 Å². The van der Waals surface area contributed by atoms with E-state index in [0.717, 1.165) is 17.8 Å². The average Bonchev–Trinajstić information content (AvgIpc) is 3.16. The van der Waals surface area contributed by atoms with Crippen LogP contribution in [0.5, 0.6) is 0 Å². The van der Waals surface area contributed by atoms with E-state index in [1.807, 2.05) is 17.5 Å². The summed E-state index contributed by atoms with van der Waals surface area (Å²) in [7, 11) is 0. The summed E-state index contributed by atoms with van der Waals surface area (Å²) in [4.78, 5) is 18.2. The molecule has 0 N–H and O–H groups in total. The fraction of sp³-hybridized carbons (Fsp3) is 0.333. The molecule has 0 aliphatic heterocycles. The van der Waals surface area contributed by atoms with Crippen molar-refractivity contribution in [2.45, 2.75) is 39.7 Å². The van der Waals surface area contributed by atoms with Crippen molar-refractivity contribution in [2.24, 2.45) is 4.99 Å². The Morgan fingerprint density at radius 2 is 2.13 bits per heavy atom. The van der Waals surface area contributed by atoms with Gasteiger partial charge in [-0.1, -0.05) is 44.2 Å². The minimum absolute atomic E-state index is 0.152. The number of thiazole rings is 1. The second-order valence-electron chi connectivity index (χ2n) is 5.81. The lowest BCUT2D eigenvalue weighted by atomic mass is 10.0. The number of rotatable bonds is 4. The van der Waals surface area contributed by atoms with Crippen molar-refractivity contribution in [1.29, 1.82) is 0 Å². The van der Waals surface area contributed by atoms with Gasteiger partial charge in [0.2, 0.25) is 0 Å². The van der Waals surface area contributed by atoms with Gasteiger partial charge in [0.05, 0.1) is 15.1 Å². The maximum atomic E-state index is 12.3. The van der Waals surface area contributed by atoms with Crippen LogP contribution in [-0.4, -0.2) is 10.5 Å². The minimum Gasteiger partial charge on any atom is -0.316 e. The highest BCUT2D eigenvalue weighted by atomic mass is 32.1. The summed E-state index contributed by atoms with van der Waals surface area (Å²) in [6, 6.07) is 10.3. The Kier molecular flexibility index (Phi) is 4.78. The van der Waals surface area contributed by atoms with E-state index in [-0.39, 0.29) is 5.91 Å². The average molecular weight is 345 g/mol. The number of thiophene rings is 1. The fourth-order valence-electron chi connectivity index (χ4n) is 2.52. The molecule has 2 aromatic heterocycles. The van der Waals surface area contributed by atoms with E-state index in [1.54, 1.807) is 11.3 Å². The third kappa shape index (κ3) is 3.31. The third-order valence-electron chi connectivity index (χ3n) is 3.75. The number of amides is 1. The lowest BCUT2D eigenvalue weighted by Crippen LogP contribution is -2.16. The predicted octanol–water partition coefficient (Wildman–Crippen LogP) is 5.04. The number of hydrogen-bond acceptors (Lipinski definition) is 3. The van der Waals surface area contributed by atoms with Gasteiger partial charge in [-0.15, -0.1) is 11.3 Å². The van der Waals surface area contributed by atoms with Crippen LogP contribution < -0.4 is 4.80 Å². The first-order valence-electron chi connectivity index (χ1n) is 7.86. The van der Waals surface area contributed by atoms with Crippen molar-refractivity contribution in [1.82, 2.24) is 4.57 Å². The number of aryl methyl sites for hydroxylation is 1. The summed E-state index contributed by atoms with van der Waals surface area (Å²) in [6.45, 7) is 7.41. The van der Waals surface area contributed by atoms with Gasteiger partial charge in [0.1, 0.15) is 0 Å². The van der Waals surface area contributed by atoms with E-state index < -0.39 is 0 Å². The van der Waals surface area contributed by atoms with Gasteiger partial charge in [-0.05, 0) is 41.5 Å². The van der Waals surface area contributed by atoms with Crippen LogP contribution in [0.3, 0.4) is 0 Å². The highest BCUT2D eigenvalue weighted by Crippen LogP contribution is 2.24. The van der Waals surface area contributed by atoms with Crippen molar-refractivity contribution in [2.75, 3.05) is 0 Å². The van der Waals surface area contributed by atoms with Crippen LogP contribution in [0, 0.1) is 0 Å². The van der Waals surface area contributed by atoms with E-state index in [4.69, 9.17) is 0 Å². The van der Waals surface area contributed by atoms with Gasteiger partial charge in [0, 0.05) is 6.54 Å². The molecule has 3 aromatic rings. The molecule has 3 nitrogen and oxygen atoms in total. The Morgan fingerprint density at radius 3 is 2.78 bits per heavy atom. The van der Waals surface area contributed by atoms with Gasteiger partial charge in [-0.25, -0.2) is 0 Å². The normalized spacial score (nSPS) is 12.4. The van der Waals surface area contributed by atoms with Crippen LogP contribution in [0.25, 0.3) is 10.2 Å². The molecule has 0 saturated carbocycles. The molecule has 2 heterocycles. The number of benzene rings is 1. The quantitative estimate of drug-likeness (QED) is 0.653. The largest absolute Gasteiger partial charge is 0.316 e. The van der Waals surface area contributed by atoms with Crippen LogP contribution in [0.4, 0.5) is 0 Å². The summed E-state index contributed by atoms with van der Waals surface area (Å²) in [5.41, 5.74) is 2.48. The molecular formula is C18H20N2OS2. The van der Waals surface area contributed by atoms with Gasteiger partial charge in [-0.2, -0.15) is 4.99 Å². The number of fused-ring (bicyclic) bond motifs is 1. The van der Waals surface area contributed by atoms with E-state index >= 15 is 0 Å². The maximum absolute atomic E-state index is 12.3. The molecule has 0 aliphatic carbocycles. The van der Waals surface area contributed by atoms with Crippen LogP contribution in [-0.2, 0) is 6.54 Å². The Morgan fingerprint density at radius 1 is 1.30 bits per heavy atom. The first-order valence-corrected chi connectivity index (χ1v) is 9.55. The molecule has 120 valence electrons. The molecule has 0 unspecified atom stereocenters. The summed E-state index contributed by atoms with van der Waals surface area (Å²) >= 11 is 3.04. The van der Waals surface area contributed by atoms with Gasteiger partial charge in [0.15, 0.2) is 4.80 Å². The lowest BCUT2D eigenvalue weighted by molar-refractivity contribution is 0.100. The predicted molar refractivity (Wildman–Crippen MR) is 98.4 cm³/mol. The molecule has 1 amide bonds. The summed E-state index contributed by atoms with van der Waals surface area (Å²) < 4.78 is 3.36. The molecule has 1 aromatic carbocycles. The second-order valence-corrected chi connectivity index (χ2v) is 7.77. The molecule has 0 atom stereocenters. The highest BCUT2D eigenvalue weighted by molar-refractivity contribution is 7.16. The number of nitrogens with zero attached hydrogens (tertiary/aromatic N) is 2. The van der Waals surface area contributed by atoms with E-state index in [1.165, 1.54) is 27.1 Å². The number of hydrogen-bond donors (Lipinski definition) is 0. The smallest absolute Gasteiger partial charge is 0.289 e. The van der Waals surface area contributed by atoms with E-state index in [0.29, 0.717) is 10.8 Å². The highest BCUT2D eigenvalue weighted by Gasteiger charge is 2.10. The van der Waals surface area contributed by atoms with E-state index in [2.05, 4.69) is 48.5 Å². The number of carbonyl (C=O) groups is 1. The zero-order valence-corrected chi connectivity index (χ0v) is 15.2. The fourth-order valence-corrected chi connectivity index (χ4v) is 4.23. The molecule has 5 heteroatoms. The van der Waals surface area contributed by atoms with Crippen molar-refractivity contribution in [3.05, 3.63) is 51.0 Å². The van der Waals surface area contributed by atoms with Crippen LogP contribution in [0.15, 0.2) is 40.7 Å². The minimum atomic E-state index is -0.152. The van der Waals surface area contributed by atoms with Crippen LogP contribution in [0.2, 0.25) is 0 Å². The molecular weight excluding hydrogens is 324 g/mol. The van der Waals surface area contributed by atoms with Crippen LogP contribution >= 0.6 is 22.7 Å². The monoisotopic (exact) mass is 344 g/mol. The Balaban J connectivity index is 2.15. The number of carbonyl (C=O) groups excluding carboxylic acids is 1. The van der Waals surface area contributed by atoms with Crippen molar-refractivity contribution >= 4 is 38.8 Å². The van der Waals surface area contributed by atoms with Crippen molar-refractivity contribution < 1.29 is 4.79 Å². The first kappa shape index (κ1) is 16.1. The molecule has 0 fully saturated rings. The second kappa shape index (κ2) is 6.81. The van der Waals surface area contributed by atoms with Gasteiger partial charge in [0.25, 0.3) is 5.91 Å². The van der Waals surface area contributed by atoms with Gasteiger partial charge >= 0.3 is 0 Å². The Hall–Kier alpha value is -1.72. The lowest BCUT2D eigenvalue weighted by Gasteiger charge is -2.06. The standard InChI is InChI=1S/C18H20N2OS2/c1-4-9-20-14-8-7-13(12(2)3)11-16(14)23-18(20)19-17(21)15-6-5-10-22-15/h5-8,10-12H,4,9H2,1-3H3. The molecule has 23 heavy (non-hydrogen) atoms. The first-order chi connectivity index (χ1) is 11.1. The molecule has 0 aliphatic rings. The topological polar surface area (TPSA) is 34.4 Å². The molecule has 0 radical (unpaired) electrons. The zero-order valence-electron chi connectivity index (χ0n) is 13.6. The van der Waals surface area contributed by atoms with Crippen molar-refractivity contribution in [3.63, 3.8) is 0 Å². The SMILES string of the molecule is CCCn1c(=NC(=O)c2cccs2)sc2cc(C(C)C)ccc21. The number of aromatic nitrogens is 1. The summed E-state index contributed by atoms with van der Waals surface area (Å²) in [6.07, 6.45) is 1.01. The molecule has 0 spiro atoms. The summed E-state index contributed by atoms with van der Waals surface area (Å²) in [5, 5.41) is 1.91. The Labute approximate surface area is 143 Å². The summed E-state index contributed by atoms with van der Waals surface area (Å²) in [5.74, 6) is 0.342. The molecule has 3 rings (SSSR count). The van der Waals surface area contributed by atoms with E-state index in [9.17, 15) is 4.79 Å². The maximum Gasteiger partial charge on any atom is 0.289 e. The molecule has 0 saturated heterocycles. The van der Waals surface area contributed by atoms with Crippen molar-refractivity contribution in [3.8, 4) is 0 Å². The Bertz CT molecular complexity index is 886. The zero-order chi connectivity index (χ0) is 16.4. The molecule has 0 bridgehead atoms.